The van der Waals surface area contributed by atoms with Gasteiger partial charge in [0.1, 0.15) is 0 Å². The van der Waals surface area contributed by atoms with E-state index >= 15 is 0 Å². The lowest BCUT2D eigenvalue weighted by Crippen LogP contribution is -2.56. The molecule has 148 valence electrons. The monoisotopic (exact) mass is 390 g/mol. The molecule has 1 aliphatic rings. The smallest absolute Gasteiger partial charge is 0.295 e. The average molecular weight is 390 g/mol. The van der Waals surface area contributed by atoms with E-state index in [0.717, 1.165) is 0 Å². The lowest BCUT2D eigenvalue weighted by atomic mass is 10.1. The largest absolute Gasteiger partial charge is 0.397 e. The van der Waals surface area contributed by atoms with Crippen LogP contribution in [0.25, 0.3) is 10.9 Å². The Morgan fingerprint density at radius 1 is 1.03 bits per heavy atom. The summed E-state index contributed by atoms with van der Waals surface area (Å²) in [5.74, 6) is -1.20. The lowest BCUT2D eigenvalue weighted by Gasteiger charge is -2.39. The van der Waals surface area contributed by atoms with Gasteiger partial charge in [-0.25, -0.2) is 0 Å². The SMILES string of the molecule is CC1CN(C(=O)c2ccccc2)CCN1C(=O)C(=O)c1c[nH]c2c(N)cccc12. The molecule has 3 aromatic rings. The van der Waals surface area contributed by atoms with Gasteiger partial charge < -0.3 is 20.5 Å². The first kappa shape index (κ1) is 18.7. The first-order valence-electron chi connectivity index (χ1n) is 9.52. The first-order valence-corrected chi connectivity index (χ1v) is 9.52. The quantitative estimate of drug-likeness (QED) is 0.407. The molecular formula is C22H22N4O3. The molecule has 2 aromatic carbocycles. The Kier molecular flexibility index (Phi) is 4.80. The number of piperazine rings is 1. The van der Waals surface area contributed by atoms with Crippen LogP contribution in [0.1, 0.15) is 27.6 Å². The number of nitrogens with one attached hydrogen (secondary N) is 1. The van der Waals surface area contributed by atoms with Gasteiger partial charge in [-0.2, -0.15) is 0 Å². The molecule has 7 nitrogen and oxygen atoms in total. The number of carbonyl (C=O) groups is 3. The zero-order valence-electron chi connectivity index (χ0n) is 16.1. The van der Waals surface area contributed by atoms with Crippen molar-refractivity contribution in [3.8, 4) is 0 Å². The number of nitrogens with zero attached hydrogens (tertiary/aromatic N) is 2. The minimum absolute atomic E-state index is 0.0667. The number of amides is 2. The Balaban J connectivity index is 1.49. The van der Waals surface area contributed by atoms with E-state index < -0.39 is 11.7 Å². The van der Waals surface area contributed by atoms with E-state index in [2.05, 4.69) is 4.98 Å². The molecular weight excluding hydrogens is 368 g/mol. The van der Waals surface area contributed by atoms with Gasteiger partial charge in [0.05, 0.1) is 16.8 Å². The summed E-state index contributed by atoms with van der Waals surface area (Å²) in [6, 6.07) is 14.1. The normalized spacial score (nSPS) is 16.8. The molecule has 1 saturated heterocycles. The molecule has 1 atom stereocenters. The fourth-order valence-electron chi connectivity index (χ4n) is 3.82. The summed E-state index contributed by atoms with van der Waals surface area (Å²) in [6.07, 6.45) is 1.53. The standard InChI is InChI=1S/C22H22N4O3/c1-14-13-25(21(28)15-6-3-2-4-7-15)10-11-26(14)22(29)20(27)17-12-24-19-16(17)8-5-9-18(19)23/h2-9,12,14,24H,10-11,13,23H2,1H3. The second-order valence-electron chi connectivity index (χ2n) is 7.27. The topological polar surface area (TPSA) is 99.5 Å². The highest BCUT2D eigenvalue weighted by Crippen LogP contribution is 2.24. The van der Waals surface area contributed by atoms with Gasteiger partial charge in [0.25, 0.3) is 17.6 Å². The van der Waals surface area contributed by atoms with Crippen molar-refractivity contribution in [2.75, 3.05) is 25.4 Å². The number of ketones is 1. The van der Waals surface area contributed by atoms with E-state index in [1.165, 1.54) is 6.20 Å². The van der Waals surface area contributed by atoms with Crippen molar-refractivity contribution in [3.63, 3.8) is 0 Å². The Morgan fingerprint density at radius 2 is 1.79 bits per heavy atom. The number of carbonyl (C=O) groups excluding carboxylic acids is 3. The molecule has 1 aliphatic heterocycles. The number of nitrogens with two attached hydrogens (primary N) is 1. The first-order chi connectivity index (χ1) is 14.0. The summed E-state index contributed by atoms with van der Waals surface area (Å²) in [5, 5.41) is 0.633. The van der Waals surface area contributed by atoms with Crippen molar-refractivity contribution in [2.45, 2.75) is 13.0 Å². The number of fused-ring (bicyclic) bond motifs is 1. The van der Waals surface area contributed by atoms with Crippen LogP contribution in [0.15, 0.2) is 54.7 Å². The van der Waals surface area contributed by atoms with Gasteiger partial charge in [0.2, 0.25) is 0 Å². The fourth-order valence-corrected chi connectivity index (χ4v) is 3.82. The van der Waals surface area contributed by atoms with E-state index in [1.54, 1.807) is 40.1 Å². The summed E-state index contributed by atoms with van der Waals surface area (Å²) >= 11 is 0. The van der Waals surface area contributed by atoms with E-state index in [9.17, 15) is 14.4 Å². The molecule has 0 saturated carbocycles. The maximum atomic E-state index is 12.9. The molecule has 29 heavy (non-hydrogen) atoms. The van der Waals surface area contributed by atoms with Gasteiger partial charge >= 0.3 is 0 Å². The molecule has 1 fully saturated rings. The minimum atomic E-state index is -0.573. The van der Waals surface area contributed by atoms with Crippen molar-refractivity contribution in [1.82, 2.24) is 14.8 Å². The Labute approximate surface area is 168 Å². The maximum Gasteiger partial charge on any atom is 0.295 e. The lowest BCUT2D eigenvalue weighted by molar-refractivity contribution is -0.130. The van der Waals surface area contributed by atoms with Crippen LogP contribution < -0.4 is 5.73 Å². The van der Waals surface area contributed by atoms with Crippen LogP contribution in [0.2, 0.25) is 0 Å². The second kappa shape index (κ2) is 7.43. The highest BCUT2D eigenvalue weighted by Gasteiger charge is 2.34. The summed E-state index contributed by atoms with van der Waals surface area (Å²) in [5.41, 5.74) is 8.03. The van der Waals surface area contributed by atoms with Crippen molar-refractivity contribution in [1.29, 1.82) is 0 Å². The van der Waals surface area contributed by atoms with Crippen molar-refractivity contribution in [2.24, 2.45) is 0 Å². The Morgan fingerprint density at radius 3 is 2.52 bits per heavy atom. The fraction of sp³-hybridized carbons (Fsp3) is 0.227. The number of H-pyrrole nitrogens is 1. The van der Waals surface area contributed by atoms with E-state index in [-0.39, 0.29) is 11.9 Å². The van der Waals surface area contributed by atoms with Gasteiger partial charge in [-0.15, -0.1) is 0 Å². The highest BCUT2D eigenvalue weighted by molar-refractivity contribution is 6.45. The molecule has 4 rings (SSSR count). The second-order valence-corrected chi connectivity index (χ2v) is 7.27. The zero-order chi connectivity index (χ0) is 20.5. The minimum Gasteiger partial charge on any atom is -0.397 e. The molecule has 3 N–H and O–H groups in total. The highest BCUT2D eigenvalue weighted by atomic mass is 16.2. The van der Waals surface area contributed by atoms with Crippen molar-refractivity contribution >= 4 is 34.2 Å². The summed E-state index contributed by atoms with van der Waals surface area (Å²) in [4.78, 5) is 44.7. The Bertz CT molecular complexity index is 1090. The van der Waals surface area contributed by atoms with E-state index in [1.807, 2.05) is 25.1 Å². The number of aromatic nitrogens is 1. The number of rotatable bonds is 3. The number of nitrogen functional groups attached to an aromatic ring is 1. The number of Topliss-reactive ketones (excluding diaryl/α,β-unsaturated/α-hetero) is 1. The van der Waals surface area contributed by atoms with Crippen LogP contribution in [0.4, 0.5) is 5.69 Å². The van der Waals surface area contributed by atoms with Gasteiger partial charge in [-0.1, -0.05) is 30.3 Å². The van der Waals surface area contributed by atoms with Crippen LogP contribution in [0.3, 0.4) is 0 Å². The number of aromatic amines is 1. The molecule has 1 aromatic heterocycles. The molecule has 0 bridgehead atoms. The third-order valence-electron chi connectivity index (χ3n) is 5.38. The molecule has 0 radical (unpaired) electrons. The number of anilines is 1. The van der Waals surface area contributed by atoms with Crippen LogP contribution >= 0.6 is 0 Å². The summed E-state index contributed by atoms with van der Waals surface area (Å²) in [7, 11) is 0. The molecule has 1 unspecified atom stereocenters. The van der Waals surface area contributed by atoms with Gasteiger partial charge in [-0.3, -0.25) is 14.4 Å². The predicted octanol–water partition coefficient (Wildman–Crippen LogP) is 2.31. The van der Waals surface area contributed by atoms with Crippen LogP contribution in [-0.2, 0) is 4.79 Å². The van der Waals surface area contributed by atoms with Gasteiger partial charge in [-0.05, 0) is 25.1 Å². The average Bonchev–Trinajstić information content (AvgIpc) is 3.18. The number of hydrogen-bond donors (Lipinski definition) is 2. The van der Waals surface area contributed by atoms with E-state index in [4.69, 9.17) is 5.73 Å². The third-order valence-corrected chi connectivity index (χ3v) is 5.38. The van der Waals surface area contributed by atoms with Crippen molar-refractivity contribution in [3.05, 3.63) is 65.9 Å². The van der Waals surface area contributed by atoms with E-state index in [0.29, 0.717) is 47.4 Å². The maximum absolute atomic E-state index is 12.9. The number of para-hydroxylation sites is 1. The van der Waals surface area contributed by atoms with Crippen molar-refractivity contribution < 1.29 is 14.4 Å². The predicted molar refractivity (Wildman–Crippen MR) is 111 cm³/mol. The number of benzene rings is 2. The molecule has 2 amide bonds. The molecule has 2 heterocycles. The molecule has 0 aliphatic carbocycles. The zero-order valence-corrected chi connectivity index (χ0v) is 16.1. The summed E-state index contributed by atoms with van der Waals surface area (Å²) in [6.45, 7) is 2.93. The van der Waals surface area contributed by atoms with Crippen LogP contribution in [0.5, 0.6) is 0 Å². The van der Waals surface area contributed by atoms with Gasteiger partial charge in [0, 0.05) is 42.8 Å². The van der Waals surface area contributed by atoms with Gasteiger partial charge in [0.15, 0.2) is 0 Å². The molecule has 0 spiro atoms. The van der Waals surface area contributed by atoms with Crippen LogP contribution in [0, 0.1) is 0 Å². The van der Waals surface area contributed by atoms with Crippen LogP contribution in [-0.4, -0.2) is 58.1 Å². The molecule has 7 heteroatoms. The number of hydrogen-bond acceptors (Lipinski definition) is 4. The Hall–Kier alpha value is -3.61. The summed E-state index contributed by atoms with van der Waals surface area (Å²) < 4.78 is 0. The third kappa shape index (κ3) is 3.35.